The van der Waals surface area contributed by atoms with Crippen LogP contribution in [0.2, 0.25) is 0 Å². The third kappa shape index (κ3) is 1.83. The molecule has 0 saturated heterocycles. The van der Waals surface area contributed by atoms with Crippen molar-refractivity contribution >= 4 is 17.7 Å². The fourth-order valence-corrected chi connectivity index (χ4v) is 3.35. The molecule has 1 aliphatic heterocycles. The third-order valence-electron chi connectivity index (χ3n) is 3.08. The van der Waals surface area contributed by atoms with Crippen LogP contribution in [0.5, 0.6) is 0 Å². The van der Waals surface area contributed by atoms with Crippen molar-refractivity contribution in [3.05, 3.63) is 29.8 Å². The third-order valence-corrected chi connectivity index (χ3v) is 4.41. The lowest BCUT2D eigenvalue weighted by molar-refractivity contribution is -0.145. The first-order chi connectivity index (χ1) is 7.54. The Balaban J connectivity index is 2.47. The molecule has 0 aliphatic carbocycles. The molecule has 1 heterocycles. The quantitative estimate of drug-likeness (QED) is 0.828. The Kier molecular flexibility index (Phi) is 2.95. The second-order valence-electron chi connectivity index (χ2n) is 4.20. The average Bonchev–Trinajstić information content (AvgIpc) is 2.23. The van der Waals surface area contributed by atoms with Crippen LogP contribution < -0.4 is 0 Å². The maximum Gasteiger partial charge on any atom is 0.306 e. The Morgan fingerprint density at radius 1 is 1.56 bits per heavy atom. The van der Waals surface area contributed by atoms with Crippen LogP contribution in [0.25, 0.3) is 0 Å². The van der Waals surface area contributed by atoms with Gasteiger partial charge in [0, 0.05) is 10.6 Å². The molecule has 1 aliphatic rings. The Morgan fingerprint density at radius 2 is 2.25 bits per heavy atom. The van der Waals surface area contributed by atoms with E-state index in [1.54, 1.807) is 11.8 Å². The van der Waals surface area contributed by atoms with E-state index in [0.717, 1.165) is 16.2 Å². The summed E-state index contributed by atoms with van der Waals surface area (Å²) >= 11 is 1.67. The van der Waals surface area contributed by atoms with Gasteiger partial charge >= 0.3 is 5.97 Å². The normalized spacial score (nSPS) is 28.5. The number of aliphatic carboxylic acids is 1. The molecule has 0 saturated carbocycles. The lowest BCUT2D eigenvalue weighted by atomic mass is 9.80. The molecule has 0 radical (unpaired) electrons. The molecular weight excluding hydrogens is 224 g/mol. The first-order valence-electron chi connectivity index (χ1n) is 5.20. The van der Waals surface area contributed by atoms with E-state index in [4.69, 9.17) is 5.11 Å². The summed E-state index contributed by atoms with van der Waals surface area (Å²) in [4.78, 5) is 11.9. The molecule has 16 heavy (non-hydrogen) atoms. The van der Waals surface area contributed by atoms with Crippen LogP contribution in [0.3, 0.4) is 0 Å². The SMILES string of the molecule is CC1CSc2ccccc2C1(O)CC(=O)O. The van der Waals surface area contributed by atoms with E-state index >= 15 is 0 Å². The number of fused-ring (bicyclic) bond motifs is 1. The number of rotatable bonds is 2. The number of aliphatic hydroxyl groups is 1. The molecule has 2 atom stereocenters. The monoisotopic (exact) mass is 238 g/mol. The summed E-state index contributed by atoms with van der Waals surface area (Å²) in [5.41, 5.74) is -0.477. The zero-order valence-electron chi connectivity index (χ0n) is 9.01. The van der Waals surface area contributed by atoms with E-state index in [-0.39, 0.29) is 12.3 Å². The van der Waals surface area contributed by atoms with Gasteiger partial charge in [-0.2, -0.15) is 0 Å². The number of benzene rings is 1. The Bertz CT molecular complexity index is 418. The number of carbonyl (C=O) groups is 1. The van der Waals surface area contributed by atoms with E-state index < -0.39 is 11.6 Å². The molecule has 0 aromatic heterocycles. The van der Waals surface area contributed by atoms with E-state index in [0.29, 0.717) is 0 Å². The molecule has 0 spiro atoms. The topological polar surface area (TPSA) is 57.5 Å². The van der Waals surface area contributed by atoms with Gasteiger partial charge in [-0.15, -0.1) is 11.8 Å². The van der Waals surface area contributed by atoms with Crippen molar-refractivity contribution in [2.24, 2.45) is 5.92 Å². The molecule has 86 valence electrons. The number of thioether (sulfide) groups is 1. The average molecular weight is 238 g/mol. The van der Waals surface area contributed by atoms with Gasteiger partial charge in [0.15, 0.2) is 0 Å². The fourth-order valence-electron chi connectivity index (χ4n) is 2.07. The Hall–Kier alpha value is -1.00. The smallest absolute Gasteiger partial charge is 0.306 e. The van der Waals surface area contributed by atoms with Gasteiger partial charge in [-0.3, -0.25) is 4.79 Å². The minimum atomic E-state index is -1.23. The molecule has 1 aromatic carbocycles. The second-order valence-corrected chi connectivity index (χ2v) is 5.26. The summed E-state index contributed by atoms with van der Waals surface area (Å²) in [5, 5.41) is 19.5. The van der Waals surface area contributed by atoms with Crippen LogP contribution in [0.15, 0.2) is 29.2 Å². The zero-order chi connectivity index (χ0) is 11.8. The van der Waals surface area contributed by atoms with Gasteiger partial charge in [-0.1, -0.05) is 25.1 Å². The molecular formula is C12H14O3S. The summed E-state index contributed by atoms with van der Waals surface area (Å²) in [6, 6.07) is 7.49. The molecule has 2 unspecified atom stereocenters. The zero-order valence-corrected chi connectivity index (χ0v) is 9.83. The second kappa shape index (κ2) is 4.11. The van der Waals surface area contributed by atoms with Gasteiger partial charge < -0.3 is 10.2 Å². The standard InChI is InChI=1S/C12H14O3S/c1-8-7-16-10-5-3-2-4-9(10)12(8,15)6-11(13)14/h2-5,8,15H,6-7H2,1H3,(H,13,14). The molecule has 2 rings (SSSR count). The molecule has 0 amide bonds. The fraction of sp³-hybridized carbons (Fsp3) is 0.417. The van der Waals surface area contributed by atoms with E-state index in [9.17, 15) is 9.90 Å². The van der Waals surface area contributed by atoms with Crippen molar-refractivity contribution in [2.75, 3.05) is 5.75 Å². The first-order valence-corrected chi connectivity index (χ1v) is 6.19. The Morgan fingerprint density at radius 3 is 2.94 bits per heavy atom. The van der Waals surface area contributed by atoms with Crippen molar-refractivity contribution in [3.63, 3.8) is 0 Å². The highest BCUT2D eigenvalue weighted by Gasteiger charge is 2.42. The molecule has 2 N–H and O–H groups in total. The van der Waals surface area contributed by atoms with Crippen molar-refractivity contribution in [1.29, 1.82) is 0 Å². The summed E-state index contributed by atoms with van der Waals surface area (Å²) in [7, 11) is 0. The highest BCUT2D eigenvalue weighted by atomic mass is 32.2. The highest BCUT2D eigenvalue weighted by molar-refractivity contribution is 7.99. The van der Waals surface area contributed by atoms with Crippen LogP contribution in [0, 0.1) is 5.92 Å². The van der Waals surface area contributed by atoms with Gasteiger partial charge in [0.1, 0.15) is 5.60 Å². The highest BCUT2D eigenvalue weighted by Crippen LogP contribution is 2.45. The van der Waals surface area contributed by atoms with Gasteiger partial charge in [0.25, 0.3) is 0 Å². The lowest BCUT2D eigenvalue weighted by Crippen LogP contribution is -2.40. The van der Waals surface area contributed by atoms with E-state index in [1.165, 1.54) is 0 Å². The van der Waals surface area contributed by atoms with Gasteiger partial charge in [-0.25, -0.2) is 0 Å². The summed E-state index contributed by atoms with van der Waals surface area (Å²) in [6.45, 7) is 1.89. The first kappa shape index (κ1) is 11.5. The Labute approximate surface area is 98.5 Å². The number of hydrogen-bond acceptors (Lipinski definition) is 3. The number of hydrogen-bond donors (Lipinski definition) is 2. The largest absolute Gasteiger partial charge is 0.481 e. The molecule has 4 heteroatoms. The maximum atomic E-state index is 10.9. The van der Waals surface area contributed by atoms with Gasteiger partial charge in [-0.05, 0) is 17.5 Å². The summed E-state index contributed by atoms with van der Waals surface area (Å²) in [5.74, 6) is -0.264. The molecule has 3 nitrogen and oxygen atoms in total. The van der Waals surface area contributed by atoms with Crippen molar-refractivity contribution < 1.29 is 15.0 Å². The van der Waals surface area contributed by atoms with Crippen LogP contribution in [-0.2, 0) is 10.4 Å². The van der Waals surface area contributed by atoms with Crippen LogP contribution >= 0.6 is 11.8 Å². The molecule has 0 fully saturated rings. The van der Waals surface area contributed by atoms with Crippen LogP contribution in [0.4, 0.5) is 0 Å². The lowest BCUT2D eigenvalue weighted by Gasteiger charge is -2.38. The van der Waals surface area contributed by atoms with Crippen molar-refractivity contribution in [2.45, 2.75) is 23.8 Å². The van der Waals surface area contributed by atoms with E-state index in [1.807, 2.05) is 31.2 Å². The van der Waals surface area contributed by atoms with Crippen molar-refractivity contribution in [1.82, 2.24) is 0 Å². The van der Waals surface area contributed by atoms with Crippen LogP contribution in [-0.4, -0.2) is 21.9 Å². The molecule has 0 bridgehead atoms. The summed E-state index contributed by atoms with van der Waals surface area (Å²) < 4.78 is 0. The predicted octanol–water partition coefficient (Wildman–Crippen LogP) is 2.09. The van der Waals surface area contributed by atoms with E-state index in [2.05, 4.69) is 0 Å². The minimum absolute atomic E-state index is 0.0523. The maximum absolute atomic E-state index is 10.9. The minimum Gasteiger partial charge on any atom is -0.481 e. The van der Waals surface area contributed by atoms with Crippen molar-refractivity contribution in [3.8, 4) is 0 Å². The van der Waals surface area contributed by atoms with Crippen LogP contribution in [0.1, 0.15) is 18.9 Å². The molecule has 1 aromatic rings. The number of carboxylic acids is 1. The summed E-state index contributed by atoms with van der Waals surface area (Å²) in [6.07, 6.45) is -0.230. The number of carboxylic acid groups (broad SMARTS) is 1. The predicted molar refractivity (Wildman–Crippen MR) is 62.5 cm³/mol. The van der Waals surface area contributed by atoms with Gasteiger partial charge in [0.05, 0.1) is 6.42 Å². The van der Waals surface area contributed by atoms with Gasteiger partial charge in [0.2, 0.25) is 0 Å².